The Balaban J connectivity index is 1.77. The molecule has 11 heteroatoms. The molecule has 1 fully saturated rings. The van der Waals surface area contributed by atoms with Gasteiger partial charge in [0.1, 0.15) is 5.82 Å². The minimum atomic E-state index is -3.76. The molecule has 0 bridgehead atoms. The van der Waals surface area contributed by atoms with Crippen LogP contribution in [0.1, 0.15) is 40.0 Å². The van der Waals surface area contributed by atoms with Gasteiger partial charge in [0.25, 0.3) is 10.0 Å². The van der Waals surface area contributed by atoms with Crippen LogP contribution in [0.4, 0.5) is 5.82 Å². The van der Waals surface area contributed by atoms with Crippen molar-refractivity contribution in [3.05, 3.63) is 18.6 Å². The molecule has 29 heavy (non-hydrogen) atoms. The Morgan fingerprint density at radius 1 is 1.45 bits per heavy atom. The number of nitrogens with one attached hydrogen (secondary N) is 2. The average molecular weight is 425 g/mol. The van der Waals surface area contributed by atoms with E-state index in [0.29, 0.717) is 37.5 Å². The van der Waals surface area contributed by atoms with Crippen LogP contribution in [0, 0.1) is 5.41 Å². The van der Waals surface area contributed by atoms with Gasteiger partial charge < -0.3 is 14.6 Å². The zero-order valence-electron chi connectivity index (χ0n) is 17.2. The molecule has 2 aromatic rings. The lowest BCUT2D eigenvalue weighted by Crippen LogP contribution is -2.51. The van der Waals surface area contributed by atoms with Crippen LogP contribution in [0.5, 0.6) is 5.88 Å². The van der Waals surface area contributed by atoms with Gasteiger partial charge in [-0.25, -0.2) is 13.4 Å². The number of aryl methyl sites for hydroxylation is 1. The third-order valence-corrected chi connectivity index (χ3v) is 6.88. The maximum absolute atomic E-state index is 13.1. The van der Waals surface area contributed by atoms with E-state index in [-0.39, 0.29) is 23.6 Å². The number of amides is 1. The van der Waals surface area contributed by atoms with Crippen molar-refractivity contribution in [2.75, 3.05) is 18.4 Å². The minimum Gasteiger partial charge on any atom is -0.474 e. The molecule has 1 amide bonds. The Labute approximate surface area is 170 Å². The number of aromatic amines is 1. The number of ether oxygens (including phenoxy) is 1. The quantitative estimate of drug-likeness (QED) is 0.698. The van der Waals surface area contributed by atoms with E-state index < -0.39 is 15.4 Å². The van der Waals surface area contributed by atoms with Crippen LogP contribution in [0.2, 0.25) is 0 Å². The number of sulfonamides is 1. The molecule has 0 aromatic carbocycles. The van der Waals surface area contributed by atoms with Crippen molar-refractivity contribution in [1.82, 2.24) is 24.1 Å². The van der Waals surface area contributed by atoms with Crippen molar-refractivity contribution in [3.8, 4) is 5.88 Å². The summed E-state index contributed by atoms with van der Waals surface area (Å²) in [5.41, 5.74) is -0.829. The molecule has 2 aromatic heterocycles. The molecule has 3 heterocycles. The predicted octanol–water partition coefficient (Wildman–Crippen LogP) is 1.75. The molecular weight excluding hydrogens is 396 g/mol. The van der Waals surface area contributed by atoms with Crippen LogP contribution in [-0.2, 0) is 21.9 Å². The molecular formula is C18H28N6O4S. The smallest absolute Gasteiger partial charge is 0.262 e. The maximum Gasteiger partial charge on any atom is 0.262 e. The number of H-pyrrole nitrogens is 1. The maximum atomic E-state index is 13.1. The molecule has 1 aliphatic heterocycles. The fourth-order valence-electron chi connectivity index (χ4n) is 3.51. The molecule has 0 saturated carbocycles. The lowest BCUT2D eigenvalue weighted by Gasteiger charge is -2.40. The fourth-order valence-corrected chi connectivity index (χ4v) is 5.04. The third kappa shape index (κ3) is 4.45. The van der Waals surface area contributed by atoms with Crippen LogP contribution in [-0.4, -0.2) is 57.6 Å². The van der Waals surface area contributed by atoms with E-state index >= 15 is 0 Å². The summed E-state index contributed by atoms with van der Waals surface area (Å²) < 4.78 is 34.4. The summed E-state index contributed by atoms with van der Waals surface area (Å²) in [5.74, 6) is 0.577. The summed E-state index contributed by atoms with van der Waals surface area (Å²) in [7, 11) is -2.04. The predicted molar refractivity (Wildman–Crippen MR) is 107 cm³/mol. The molecule has 3 rings (SSSR count). The first-order valence-electron chi connectivity index (χ1n) is 9.68. The van der Waals surface area contributed by atoms with Crippen LogP contribution in [0.3, 0.4) is 0 Å². The van der Waals surface area contributed by atoms with Gasteiger partial charge in [0.05, 0.1) is 17.8 Å². The highest BCUT2D eigenvalue weighted by Gasteiger charge is 2.44. The molecule has 0 spiro atoms. The topological polar surface area (TPSA) is 122 Å². The van der Waals surface area contributed by atoms with E-state index in [1.165, 1.54) is 16.8 Å². The lowest BCUT2D eigenvalue weighted by atomic mass is 9.77. The second-order valence-electron chi connectivity index (χ2n) is 7.69. The zero-order valence-corrected chi connectivity index (χ0v) is 18.0. The van der Waals surface area contributed by atoms with Crippen LogP contribution in [0.15, 0.2) is 23.6 Å². The molecule has 0 radical (unpaired) electrons. The molecule has 2 N–H and O–H groups in total. The van der Waals surface area contributed by atoms with E-state index in [1.807, 2.05) is 20.8 Å². The van der Waals surface area contributed by atoms with Gasteiger partial charge in [0, 0.05) is 32.4 Å². The van der Waals surface area contributed by atoms with Gasteiger partial charge >= 0.3 is 0 Å². The second-order valence-corrected chi connectivity index (χ2v) is 9.58. The molecule has 1 saturated heterocycles. The highest BCUT2D eigenvalue weighted by molar-refractivity contribution is 7.89. The molecule has 1 atom stereocenters. The van der Waals surface area contributed by atoms with E-state index in [2.05, 4.69) is 20.5 Å². The van der Waals surface area contributed by atoms with Crippen molar-refractivity contribution in [3.63, 3.8) is 0 Å². The highest BCUT2D eigenvalue weighted by Crippen LogP contribution is 2.36. The van der Waals surface area contributed by atoms with Gasteiger partial charge in [-0.15, -0.1) is 5.10 Å². The number of hydrogen-bond donors (Lipinski definition) is 2. The number of piperidine rings is 1. The summed E-state index contributed by atoms with van der Waals surface area (Å²) >= 11 is 0. The molecule has 1 aliphatic rings. The van der Waals surface area contributed by atoms with Crippen molar-refractivity contribution >= 4 is 21.7 Å². The number of imidazole rings is 1. The van der Waals surface area contributed by atoms with Gasteiger partial charge in [-0.3, -0.25) is 9.89 Å². The third-order valence-electron chi connectivity index (χ3n) is 5.14. The van der Waals surface area contributed by atoms with Crippen LogP contribution >= 0.6 is 0 Å². The van der Waals surface area contributed by atoms with Gasteiger partial charge in [-0.1, -0.05) is 6.92 Å². The van der Waals surface area contributed by atoms with Crippen molar-refractivity contribution in [2.45, 2.75) is 51.2 Å². The Morgan fingerprint density at radius 3 is 2.83 bits per heavy atom. The van der Waals surface area contributed by atoms with E-state index in [9.17, 15) is 13.2 Å². The largest absolute Gasteiger partial charge is 0.474 e. The number of aromatic nitrogens is 4. The normalized spacial score (nSPS) is 20.7. The Morgan fingerprint density at radius 2 is 2.21 bits per heavy atom. The minimum absolute atomic E-state index is 0.00337. The number of hydrogen-bond acceptors (Lipinski definition) is 6. The Hall–Kier alpha value is -2.40. The molecule has 160 valence electrons. The summed E-state index contributed by atoms with van der Waals surface area (Å²) in [6.07, 6.45) is 4.60. The summed E-state index contributed by atoms with van der Waals surface area (Å²) in [6.45, 7) is 6.15. The van der Waals surface area contributed by atoms with Crippen molar-refractivity contribution in [2.24, 2.45) is 12.5 Å². The monoisotopic (exact) mass is 424 g/mol. The first kappa shape index (κ1) is 21.3. The number of carbonyl (C=O) groups is 1. The Kier molecular flexibility index (Phi) is 5.99. The van der Waals surface area contributed by atoms with Gasteiger partial charge in [0.2, 0.25) is 11.8 Å². The van der Waals surface area contributed by atoms with Gasteiger partial charge in [-0.05, 0) is 33.1 Å². The second kappa shape index (κ2) is 8.15. The Bertz CT molecular complexity index is 967. The van der Waals surface area contributed by atoms with E-state index in [0.717, 1.165) is 0 Å². The van der Waals surface area contributed by atoms with E-state index in [1.54, 1.807) is 17.7 Å². The number of carbonyl (C=O) groups excluding carboxylic acids is 1. The number of anilines is 1. The SMILES string of the molecule is CCC1(C(=O)Nc2cc(OC(C)C)n[nH]2)CCCN(S(=O)(=O)c2cn(C)cn2)C1. The van der Waals surface area contributed by atoms with Crippen LogP contribution < -0.4 is 10.1 Å². The fraction of sp³-hybridized carbons (Fsp3) is 0.611. The number of nitrogens with zero attached hydrogens (tertiary/aromatic N) is 4. The zero-order chi connectivity index (χ0) is 21.2. The summed E-state index contributed by atoms with van der Waals surface area (Å²) in [6, 6.07) is 1.62. The number of rotatable bonds is 7. The van der Waals surface area contributed by atoms with Gasteiger partial charge in [0.15, 0.2) is 5.03 Å². The summed E-state index contributed by atoms with van der Waals surface area (Å²) in [4.78, 5) is 17.1. The molecule has 0 aliphatic carbocycles. The first-order chi connectivity index (χ1) is 13.7. The lowest BCUT2D eigenvalue weighted by molar-refractivity contribution is -0.128. The first-order valence-corrected chi connectivity index (χ1v) is 11.1. The summed E-state index contributed by atoms with van der Waals surface area (Å²) in [5, 5.41) is 9.59. The standard InChI is InChI=1S/C18H28N6O4S/c1-5-18(17(25)20-14-9-15(22-21-14)28-13(2)3)7-6-8-24(11-18)29(26,27)16-10-23(4)12-19-16/h9-10,12-13H,5-8,11H2,1-4H3,(H2,20,21,22,25). The van der Waals surface area contributed by atoms with Gasteiger partial charge in [-0.2, -0.15) is 4.31 Å². The molecule has 1 unspecified atom stereocenters. The van der Waals surface area contributed by atoms with Crippen molar-refractivity contribution < 1.29 is 17.9 Å². The molecule has 10 nitrogen and oxygen atoms in total. The highest BCUT2D eigenvalue weighted by atomic mass is 32.2. The van der Waals surface area contributed by atoms with Crippen molar-refractivity contribution in [1.29, 1.82) is 0 Å². The average Bonchev–Trinajstić information content (AvgIpc) is 3.30. The van der Waals surface area contributed by atoms with Crippen LogP contribution in [0.25, 0.3) is 0 Å². The van der Waals surface area contributed by atoms with E-state index in [4.69, 9.17) is 4.74 Å².